The van der Waals surface area contributed by atoms with Crippen LogP contribution in [0.5, 0.6) is 5.75 Å². The molecule has 0 heterocycles. The zero-order valence-electron chi connectivity index (χ0n) is 16.2. The number of carbonyl (C=O) groups is 1. The van der Waals surface area contributed by atoms with Gasteiger partial charge in [0, 0.05) is 13.1 Å². The molecule has 2 aromatic carbocycles. The molecule has 0 aliphatic heterocycles. The molecule has 0 aromatic heterocycles. The Labute approximate surface area is 161 Å². The Morgan fingerprint density at radius 3 is 2.37 bits per heavy atom. The minimum atomic E-state index is -3.80. The van der Waals surface area contributed by atoms with Crippen molar-refractivity contribution in [3.05, 3.63) is 59.2 Å². The van der Waals surface area contributed by atoms with Crippen molar-refractivity contribution in [2.45, 2.75) is 32.2 Å². The zero-order valence-corrected chi connectivity index (χ0v) is 17.0. The number of hydrogen-bond acceptors (Lipinski definition) is 4. The van der Waals surface area contributed by atoms with Crippen LogP contribution in [0.3, 0.4) is 0 Å². The third-order valence-electron chi connectivity index (χ3n) is 4.35. The van der Waals surface area contributed by atoms with E-state index in [1.165, 1.54) is 0 Å². The van der Waals surface area contributed by atoms with Gasteiger partial charge in [0.1, 0.15) is 5.75 Å². The molecule has 0 radical (unpaired) electrons. The zero-order chi connectivity index (χ0) is 20.0. The summed E-state index contributed by atoms with van der Waals surface area (Å²) in [6, 6.07) is 12.8. The maximum atomic E-state index is 12.7. The average Bonchev–Trinajstić information content (AvgIpc) is 2.66. The Hall–Kier alpha value is -2.38. The van der Waals surface area contributed by atoms with Gasteiger partial charge in [-0.15, -0.1) is 0 Å². The van der Waals surface area contributed by atoms with Crippen LogP contribution in [0.15, 0.2) is 47.4 Å². The van der Waals surface area contributed by atoms with Gasteiger partial charge in [0.15, 0.2) is 0 Å². The van der Waals surface area contributed by atoms with Crippen LogP contribution in [-0.4, -0.2) is 39.4 Å². The smallest absolute Gasteiger partial charge is 0.241 e. The first kappa shape index (κ1) is 20.9. The lowest BCUT2D eigenvalue weighted by Crippen LogP contribution is -2.39. The molecule has 146 valence electrons. The van der Waals surface area contributed by atoms with Crippen LogP contribution in [0.1, 0.15) is 23.6 Å². The monoisotopic (exact) mass is 390 g/mol. The first-order valence-electron chi connectivity index (χ1n) is 8.75. The standard InChI is InChI=1S/C20H26N2O4S/c1-5-22(14-17-9-7-6-8-10-17)20(23)13-21-27(24,25)19-12-15(2)18(26-4)11-16(19)3/h6-12,21H,5,13-14H2,1-4H3. The maximum Gasteiger partial charge on any atom is 0.241 e. The summed E-state index contributed by atoms with van der Waals surface area (Å²) in [4.78, 5) is 14.3. The van der Waals surface area contributed by atoms with Gasteiger partial charge in [-0.3, -0.25) is 4.79 Å². The Balaban J connectivity index is 2.09. The Morgan fingerprint density at radius 1 is 1.11 bits per heavy atom. The molecule has 0 atom stereocenters. The fourth-order valence-corrected chi connectivity index (χ4v) is 4.08. The molecule has 0 saturated heterocycles. The van der Waals surface area contributed by atoms with Crippen LogP contribution in [0.4, 0.5) is 0 Å². The Morgan fingerprint density at radius 2 is 1.78 bits per heavy atom. The van der Waals surface area contributed by atoms with Crippen LogP contribution in [0.25, 0.3) is 0 Å². The second kappa shape index (κ2) is 9.01. The molecule has 0 aliphatic rings. The van der Waals surface area contributed by atoms with Crippen LogP contribution < -0.4 is 9.46 Å². The molecule has 0 spiro atoms. The maximum absolute atomic E-state index is 12.7. The number of nitrogens with one attached hydrogen (secondary N) is 1. The number of hydrogen-bond donors (Lipinski definition) is 1. The van der Waals surface area contributed by atoms with E-state index in [0.717, 1.165) is 5.56 Å². The second-order valence-corrected chi connectivity index (χ2v) is 8.04. The molecular formula is C20H26N2O4S. The average molecular weight is 391 g/mol. The van der Waals surface area contributed by atoms with Gasteiger partial charge in [-0.2, -0.15) is 0 Å². The van der Waals surface area contributed by atoms with E-state index in [-0.39, 0.29) is 17.3 Å². The third-order valence-corrected chi connectivity index (χ3v) is 5.89. The van der Waals surface area contributed by atoms with E-state index >= 15 is 0 Å². The van der Waals surface area contributed by atoms with Gasteiger partial charge in [0.05, 0.1) is 18.6 Å². The van der Waals surface area contributed by atoms with Gasteiger partial charge >= 0.3 is 0 Å². The van der Waals surface area contributed by atoms with Gasteiger partial charge < -0.3 is 9.64 Å². The van der Waals surface area contributed by atoms with Crippen molar-refractivity contribution in [1.82, 2.24) is 9.62 Å². The number of benzene rings is 2. The number of rotatable bonds is 8. The van der Waals surface area contributed by atoms with E-state index in [9.17, 15) is 13.2 Å². The van der Waals surface area contributed by atoms with Crippen LogP contribution in [0, 0.1) is 13.8 Å². The van der Waals surface area contributed by atoms with E-state index in [1.807, 2.05) is 37.3 Å². The van der Waals surface area contributed by atoms with Crippen LogP contribution >= 0.6 is 0 Å². The molecule has 7 heteroatoms. The molecular weight excluding hydrogens is 364 g/mol. The Kier molecular flexibility index (Phi) is 6.98. The molecule has 0 fully saturated rings. The highest BCUT2D eigenvalue weighted by atomic mass is 32.2. The van der Waals surface area contributed by atoms with Crippen molar-refractivity contribution in [3.8, 4) is 5.75 Å². The lowest BCUT2D eigenvalue weighted by atomic mass is 10.1. The molecule has 1 N–H and O–H groups in total. The van der Waals surface area contributed by atoms with Crippen LogP contribution in [-0.2, 0) is 21.4 Å². The molecule has 6 nitrogen and oxygen atoms in total. The lowest BCUT2D eigenvalue weighted by Gasteiger charge is -2.21. The summed E-state index contributed by atoms with van der Waals surface area (Å²) in [6.45, 7) is 6.00. The number of amides is 1. The number of aryl methyl sites for hydroxylation is 2. The third kappa shape index (κ3) is 5.30. The van der Waals surface area contributed by atoms with Crippen LogP contribution in [0.2, 0.25) is 0 Å². The van der Waals surface area contributed by atoms with Crippen molar-refractivity contribution in [2.75, 3.05) is 20.2 Å². The minimum absolute atomic E-state index is 0.153. The van der Waals surface area contributed by atoms with E-state index in [0.29, 0.717) is 30.0 Å². The first-order valence-corrected chi connectivity index (χ1v) is 10.2. The summed E-state index contributed by atoms with van der Waals surface area (Å²) in [5.74, 6) is 0.357. The second-order valence-electron chi connectivity index (χ2n) is 6.31. The summed E-state index contributed by atoms with van der Waals surface area (Å²) in [5, 5.41) is 0. The highest BCUT2D eigenvalue weighted by Gasteiger charge is 2.21. The normalized spacial score (nSPS) is 11.3. The highest BCUT2D eigenvalue weighted by molar-refractivity contribution is 7.89. The highest BCUT2D eigenvalue weighted by Crippen LogP contribution is 2.25. The van der Waals surface area contributed by atoms with Crippen molar-refractivity contribution in [2.24, 2.45) is 0 Å². The van der Waals surface area contributed by atoms with Crippen molar-refractivity contribution in [3.63, 3.8) is 0 Å². The summed E-state index contributed by atoms with van der Waals surface area (Å²) in [6.07, 6.45) is 0. The van der Waals surface area contributed by atoms with Crippen molar-refractivity contribution in [1.29, 1.82) is 0 Å². The number of carbonyl (C=O) groups excluding carboxylic acids is 1. The molecule has 2 aromatic rings. The van der Waals surface area contributed by atoms with Gasteiger partial charge in [-0.1, -0.05) is 30.3 Å². The van der Waals surface area contributed by atoms with E-state index in [2.05, 4.69) is 4.72 Å². The van der Waals surface area contributed by atoms with Gasteiger partial charge in [0.25, 0.3) is 0 Å². The number of ether oxygens (including phenoxy) is 1. The molecule has 2 rings (SSSR count). The fourth-order valence-electron chi connectivity index (χ4n) is 2.80. The number of sulfonamides is 1. The molecule has 0 saturated carbocycles. The van der Waals surface area contributed by atoms with E-state index < -0.39 is 10.0 Å². The summed E-state index contributed by atoms with van der Waals surface area (Å²) in [5.41, 5.74) is 2.28. The molecule has 0 aliphatic carbocycles. The topological polar surface area (TPSA) is 75.7 Å². The van der Waals surface area contributed by atoms with Gasteiger partial charge in [-0.25, -0.2) is 13.1 Å². The lowest BCUT2D eigenvalue weighted by molar-refractivity contribution is -0.130. The summed E-state index contributed by atoms with van der Waals surface area (Å²) in [7, 11) is -2.26. The predicted octanol–water partition coefficient (Wildman–Crippen LogP) is 2.64. The van der Waals surface area contributed by atoms with Gasteiger partial charge in [0.2, 0.25) is 15.9 Å². The largest absolute Gasteiger partial charge is 0.496 e. The van der Waals surface area contributed by atoms with Crippen molar-refractivity contribution >= 4 is 15.9 Å². The molecule has 27 heavy (non-hydrogen) atoms. The van der Waals surface area contributed by atoms with E-state index in [1.54, 1.807) is 38.0 Å². The van der Waals surface area contributed by atoms with Crippen molar-refractivity contribution < 1.29 is 17.9 Å². The Bertz CT molecular complexity index is 896. The SMILES string of the molecule is CCN(Cc1ccccc1)C(=O)CNS(=O)(=O)c1cc(C)c(OC)cc1C. The number of likely N-dealkylation sites (N-methyl/N-ethyl adjacent to an activating group) is 1. The summed E-state index contributed by atoms with van der Waals surface area (Å²) < 4.78 is 33.0. The predicted molar refractivity (Wildman–Crippen MR) is 105 cm³/mol. The minimum Gasteiger partial charge on any atom is -0.496 e. The summed E-state index contributed by atoms with van der Waals surface area (Å²) >= 11 is 0. The van der Waals surface area contributed by atoms with Gasteiger partial charge in [-0.05, 0) is 49.6 Å². The molecule has 1 amide bonds. The fraction of sp³-hybridized carbons (Fsp3) is 0.350. The molecule has 0 bridgehead atoms. The first-order chi connectivity index (χ1) is 12.8. The molecule has 0 unspecified atom stereocenters. The van der Waals surface area contributed by atoms with E-state index in [4.69, 9.17) is 4.74 Å². The quantitative estimate of drug-likeness (QED) is 0.752. The number of nitrogens with zero attached hydrogens (tertiary/aromatic N) is 1. The number of methoxy groups -OCH3 is 1.